The highest BCUT2D eigenvalue weighted by Gasteiger charge is 2.38. The fourth-order valence-electron chi connectivity index (χ4n) is 3.51. The fourth-order valence-corrected chi connectivity index (χ4v) is 3.51. The van der Waals surface area contributed by atoms with Crippen LogP contribution in [-0.2, 0) is 4.79 Å². The van der Waals surface area contributed by atoms with Gasteiger partial charge in [0.15, 0.2) is 0 Å². The van der Waals surface area contributed by atoms with E-state index in [0.717, 1.165) is 5.39 Å². The monoisotopic (exact) mass is 482 g/mol. The SMILES string of the molecule is FC1(F)CCN(c2nc(N3CCC(F)(F)CC3)c3ccccc3n2)CC1.O=C(O)C(F)(F)F. The minimum absolute atomic E-state index is 0.183. The lowest BCUT2D eigenvalue weighted by atomic mass is 10.1. The summed E-state index contributed by atoms with van der Waals surface area (Å²) in [6.45, 7) is 0.794. The maximum Gasteiger partial charge on any atom is 0.490 e. The van der Waals surface area contributed by atoms with E-state index in [4.69, 9.17) is 9.90 Å². The van der Waals surface area contributed by atoms with Gasteiger partial charge in [-0.05, 0) is 12.1 Å². The lowest BCUT2D eigenvalue weighted by molar-refractivity contribution is -0.192. The molecule has 2 aliphatic rings. The van der Waals surface area contributed by atoms with E-state index in [1.165, 1.54) is 0 Å². The molecule has 2 aliphatic heterocycles. The van der Waals surface area contributed by atoms with E-state index < -0.39 is 24.0 Å². The Morgan fingerprint density at radius 1 is 0.848 bits per heavy atom. The van der Waals surface area contributed by atoms with Gasteiger partial charge in [0.05, 0.1) is 5.52 Å². The van der Waals surface area contributed by atoms with Crippen molar-refractivity contribution in [3.63, 3.8) is 0 Å². The van der Waals surface area contributed by atoms with Crippen LogP contribution in [0.1, 0.15) is 25.7 Å². The van der Waals surface area contributed by atoms with Crippen LogP contribution in [0, 0.1) is 0 Å². The first-order valence-electron chi connectivity index (χ1n) is 10.1. The second-order valence-corrected chi connectivity index (χ2v) is 7.85. The molecule has 0 amide bonds. The van der Waals surface area contributed by atoms with Crippen LogP contribution in [0.2, 0.25) is 0 Å². The highest BCUT2D eigenvalue weighted by atomic mass is 19.4. The largest absolute Gasteiger partial charge is 0.490 e. The number of aromatic nitrogens is 2. The lowest BCUT2D eigenvalue weighted by Crippen LogP contribution is -2.41. The molecule has 2 saturated heterocycles. The highest BCUT2D eigenvalue weighted by molar-refractivity contribution is 5.90. The smallest absolute Gasteiger partial charge is 0.475 e. The molecule has 6 nitrogen and oxygen atoms in total. The third kappa shape index (κ3) is 6.35. The van der Waals surface area contributed by atoms with Gasteiger partial charge in [-0.15, -0.1) is 0 Å². The van der Waals surface area contributed by atoms with Gasteiger partial charge in [0, 0.05) is 57.2 Å². The zero-order chi connectivity index (χ0) is 24.4. The molecule has 1 aromatic heterocycles. The third-order valence-corrected chi connectivity index (χ3v) is 5.39. The molecule has 0 saturated carbocycles. The van der Waals surface area contributed by atoms with Crippen molar-refractivity contribution >= 4 is 28.6 Å². The number of hydrogen-bond donors (Lipinski definition) is 1. The topological polar surface area (TPSA) is 69.6 Å². The zero-order valence-corrected chi connectivity index (χ0v) is 17.3. The molecule has 4 rings (SSSR count). The number of nitrogens with zero attached hydrogens (tertiary/aromatic N) is 4. The van der Waals surface area contributed by atoms with Crippen molar-refractivity contribution in [3.8, 4) is 0 Å². The van der Waals surface area contributed by atoms with Crippen molar-refractivity contribution in [2.24, 2.45) is 0 Å². The number of anilines is 2. The summed E-state index contributed by atoms with van der Waals surface area (Å²) in [6, 6.07) is 7.40. The number of carboxylic acid groups (broad SMARTS) is 1. The molecule has 0 radical (unpaired) electrons. The van der Waals surface area contributed by atoms with Gasteiger partial charge in [-0.3, -0.25) is 0 Å². The third-order valence-electron chi connectivity index (χ3n) is 5.39. The normalized spacial score (nSPS) is 20.2. The Labute approximate surface area is 184 Å². The van der Waals surface area contributed by atoms with Crippen molar-refractivity contribution in [2.45, 2.75) is 43.7 Å². The first-order valence-corrected chi connectivity index (χ1v) is 10.1. The minimum atomic E-state index is -5.08. The van der Waals surface area contributed by atoms with Gasteiger partial charge in [0.25, 0.3) is 11.8 Å². The highest BCUT2D eigenvalue weighted by Crippen LogP contribution is 2.35. The summed E-state index contributed by atoms with van der Waals surface area (Å²) >= 11 is 0. The van der Waals surface area contributed by atoms with E-state index in [-0.39, 0.29) is 51.9 Å². The average molecular weight is 482 g/mol. The number of carboxylic acids is 1. The maximum atomic E-state index is 13.5. The molecule has 0 spiro atoms. The number of carbonyl (C=O) groups is 1. The molecule has 0 unspecified atom stereocenters. The molecule has 1 aromatic carbocycles. The number of rotatable bonds is 2. The molecule has 3 heterocycles. The zero-order valence-electron chi connectivity index (χ0n) is 17.3. The van der Waals surface area contributed by atoms with E-state index in [2.05, 4.69) is 9.97 Å². The van der Waals surface area contributed by atoms with Gasteiger partial charge in [-0.1, -0.05) is 12.1 Å². The molecular formula is C20H21F7N4O2. The van der Waals surface area contributed by atoms with Crippen LogP contribution >= 0.6 is 0 Å². The van der Waals surface area contributed by atoms with Gasteiger partial charge in [-0.25, -0.2) is 27.3 Å². The Morgan fingerprint density at radius 2 is 1.30 bits per heavy atom. The quantitative estimate of drug-likeness (QED) is 0.624. The van der Waals surface area contributed by atoms with Crippen LogP contribution in [-0.4, -0.2) is 65.2 Å². The Bertz CT molecular complexity index is 980. The molecule has 0 bridgehead atoms. The number of alkyl halides is 7. The molecule has 2 fully saturated rings. The van der Waals surface area contributed by atoms with Crippen molar-refractivity contribution in [2.75, 3.05) is 36.0 Å². The van der Waals surface area contributed by atoms with Gasteiger partial charge < -0.3 is 14.9 Å². The van der Waals surface area contributed by atoms with Gasteiger partial charge >= 0.3 is 12.1 Å². The Hall–Kier alpha value is -2.86. The lowest BCUT2D eigenvalue weighted by Gasteiger charge is -2.35. The maximum absolute atomic E-state index is 13.5. The summed E-state index contributed by atoms with van der Waals surface area (Å²) < 4.78 is 85.6. The van der Waals surface area contributed by atoms with Crippen LogP contribution in [0.4, 0.5) is 42.5 Å². The van der Waals surface area contributed by atoms with E-state index in [1.807, 2.05) is 29.2 Å². The number of fused-ring (bicyclic) bond motifs is 1. The van der Waals surface area contributed by atoms with Crippen molar-refractivity contribution in [1.29, 1.82) is 0 Å². The summed E-state index contributed by atoms with van der Waals surface area (Å²) in [5.41, 5.74) is 0.696. The summed E-state index contributed by atoms with van der Waals surface area (Å²) in [5, 5.41) is 7.92. The molecule has 1 N–H and O–H groups in total. The number of piperidine rings is 2. The molecular weight excluding hydrogens is 461 g/mol. The summed E-state index contributed by atoms with van der Waals surface area (Å²) in [7, 11) is 0. The fraction of sp³-hybridized carbons (Fsp3) is 0.550. The Balaban J connectivity index is 0.000000383. The standard InChI is InChI=1S/C18H20F4N4.C2HF3O2/c19-17(20)5-9-25(10-6-17)15-13-3-1-2-4-14(13)23-16(24-15)26-11-7-18(21,22)8-12-26;3-2(4,5)1(6)7/h1-4H,5-12H2;(H,6,7). The summed E-state index contributed by atoms with van der Waals surface area (Å²) in [6.07, 6.45) is -5.96. The molecule has 182 valence electrons. The molecule has 13 heteroatoms. The van der Waals surface area contributed by atoms with E-state index in [9.17, 15) is 30.7 Å². The van der Waals surface area contributed by atoms with Gasteiger partial charge in [-0.2, -0.15) is 18.2 Å². The molecule has 2 aromatic rings. The predicted octanol–water partition coefficient (Wildman–Crippen LogP) is 4.73. The van der Waals surface area contributed by atoms with Gasteiger partial charge in [0.1, 0.15) is 5.82 Å². The van der Waals surface area contributed by atoms with E-state index in [0.29, 0.717) is 17.3 Å². The number of para-hydroxylation sites is 1. The average Bonchev–Trinajstić information content (AvgIpc) is 2.73. The van der Waals surface area contributed by atoms with Crippen LogP contribution in [0.3, 0.4) is 0 Å². The Kier molecular flexibility index (Phi) is 6.89. The number of aliphatic carboxylic acids is 1. The Morgan fingerprint density at radius 3 is 1.79 bits per heavy atom. The molecule has 0 atom stereocenters. The predicted molar refractivity (Wildman–Crippen MR) is 106 cm³/mol. The molecule has 33 heavy (non-hydrogen) atoms. The van der Waals surface area contributed by atoms with Crippen LogP contribution in [0.25, 0.3) is 10.9 Å². The van der Waals surface area contributed by atoms with Crippen molar-refractivity contribution in [3.05, 3.63) is 24.3 Å². The van der Waals surface area contributed by atoms with Crippen molar-refractivity contribution in [1.82, 2.24) is 9.97 Å². The summed E-state index contributed by atoms with van der Waals surface area (Å²) in [5.74, 6) is -7.03. The van der Waals surface area contributed by atoms with Gasteiger partial charge in [0.2, 0.25) is 5.95 Å². The van der Waals surface area contributed by atoms with Crippen LogP contribution < -0.4 is 9.80 Å². The summed E-state index contributed by atoms with van der Waals surface area (Å²) in [4.78, 5) is 21.6. The first kappa shape index (κ1) is 24.8. The van der Waals surface area contributed by atoms with E-state index >= 15 is 0 Å². The minimum Gasteiger partial charge on any atom is -0.475 e. The molecule has 0 aliphatic carbocycles. The second kappa shape index (κ2) is 9.18. The second-order valence-electron chi connectivity index (χ2n) is 7.85. The van der Waals surface area contributed by atoms with Crippen LogP contribution in [0.15, 0.2) is 24.3 Å². The van der Waals surface area contributed by atoms with Crippen molar-refractivity contribution < 1.29 is 40.6 Å². The number of hydrogen-bond acceptors (Lipinski definition) is 5. The first-order chi connectivity index (χ1) is 15.3. The number of benzene rings is 1. The number of halogens is 7. The van der Waals surface area contributed by atoms with Crippen LogP contribution in [0.5, 0.6) is 0 Å². The van der Waals surface area contributed by atoms with E-state index in [1.54, 1.807) is 4.90 Å².